The molecule has 0 radical (unpaired) electrons. The molecule has 2 rings (SSSR count). The molecule has 8 heteroatoms. The highest BCUT2D eigenvalue weighted by atomic mass is 35.5. The van der Waals surface area contributed by atoms with E-state index in [4.69, 9.17) is 21.1 Å². The van der Waals surface area contributed by atoms with Crippen LogP contribution in [0.3, 0.4) is 0 Å². The van der Waals surface area contributed by atoms with E-state index in [0.717, 1.165) is 0 Å². The molecule has 0 bridgehead atoms. The third kappa shape index (κ3) is 3.91. The maximum Gasteiger partial charge on any atom is 0.247 e. The first-order valence-corrected chi connectivity index (χ1v) is 8.92. The van der Waals surface area contributed by atoms with E-state index in [9.17, 15) is 8.42 Å². The van der Waals surface area contributed by atoms with Crippen LogP contribution in [-0.4, -0.2) is 58.7 Å². The van der Waals surface area contributed by atoms with E-state index in [2.05, 4.69) is 5.32 Å². The SMILES string of the molecule is COCCOc1ccc(Cl)cc1S(=O)(=O)N1CCNCC1C. The molecule has 124 valence electrons. The lowest BCUT2D eigenvalue weighted by Crippen LogP contribution is -2.52. The molecule has 0 aliphatic carbocycles. The molecular weight excluding hydrogens is 328 g/mol. The molecule has 6 nitrogen and oxygen atoms in total. The lowest BCUT2D eigenvalue weighted by Gasteiger charge is -2.33. The van der Waals surface area contributed by atoms with Gasteiger partial charge in [0.05, 0.1) is 6.61 Å². The predicted octanol–water partition coefficient (Wildman–Crippen LogP) is 1.35. The standard InChI is InChI=1S/C14H21ClN2O4S/c1-11-10-16-5-6-17(11)22(18,19)14-9-12(15)3-4-13(14)21-8-7-20-2/h3-4,9,11,16H,5-8,10H2,1-2H3. The van der Waals surface area contributed by atoms with Gasteiger partial charge in [-0.15, -0.1) is 0 Å². The molecule has 1 aromatic rings. The minimum Gasteiger partial charge on any atom is -0.490 e. The maximum absolute atomic E-state index is 12.9. The third-order valence-corrected chi connectivity index (χ3v) is 5.75. The first kappa shape index (κ1) is 17.5. The monoisotopic (exact) mass is 348 g/mol. The third-order valence-electron chi connectivity index (χ3n) is 3.48. The second-order valence-electron chi connectivity index (χ2n) is 5.10. The Morgan fingerprint density at radius 3 is 2.86 bits per heavy atom. The van der Waals surface area contributed by atoms with E-state index < -0.39 is 10.0 Å². The van der Waals surface area contributed by atoms with Gasteiger partial charge in [0.1, 0.15) is 17.3 Å². The second kappa shape index (κ2) is 7.61. The molecule has 1 aliphatic rings. The van der Waals surface area contributed by atoms with Crippen LogP contribution >= 0.6 is 11.6 Å². The fourth-order valence-corrected chi connectivity index (χ4v) is 4.37. The molecule has 1 atom stereocenters. The highest BCUT2D eigenvalue weighted by molar-refractivity contribution is 7.89. The van der Waals surface area contributed by atoms with Gasteiger partial charge < -0.3 is 14.8 Å². The molecule has 1 N–H and O–H groups in total. The molecule has 1 aliphatic heterocycles. The van der Waals surface area contributed by atoms with Crippen molar-refractivity contribution >= 4 is 21.6 Å². The van der Waals surface area contributed by atoms with Crippen molar-refractivity contribution in [1.29, 1.82) is 0 Å². The molecule has 1 saturated heterocycles. The molecule has 1 unspecified atom stereocenters. The quantitative estimate of drug-likeness (QED) is 0.786. The number of ether oxygens (including phenoxy) is 2. The van der Waals surface area contributed by atoms with Gasteiger partial charge in [0.2, 0.25) is 10.0 Å². The molecule has 1 heterocycles. The predicted molar refractivity (Wildman–Crippen MR) is 85.0 cm³/mol. The number of nitrogens with one attached hydrogen (secondary N) is 1. The van der Waals surface area contributed by atoms with Crippen molar-refractivity contribution in [3.8, 4) is 5.75 Å². The molecule has 0 aromatic heterocycles. The summed E-state index contributed by atoms with van der Waals surface area (Å²) in [5.74, 6) is 0.298. The molecule has 0 amide bonds. The Kier molecular flexibility index (Phi) is 6.05. The minimum absolute atomic E-state index is 0.102. The van der Waals surface area contributed by atoms with Crippen LogP contribution in [-0.2, 0) is 14.8 Å². The van der Waals surface area contributed by atoms with Crippen LogP contribution in [0.25, 0.3) is 0 Å². The zero-order chi connectivity index (χ0) is 16.2. The number of hydrogen-bond donors (Lipinski definition) is 1. The molecular formula is C14H21ClN2O4S. The highest BCUT2D eigenvalue weighted by Crippen LogP contribution is 2.31. The van der Waals surface area contributed by atoms with E-state index in [0.29, 0.717) is 37.0 Å². The summed E-state index contributed by atoms with van der Waals surface area (Å²) < 4.78 is 37.8. The zero-order valence-electron chi connectivity index (χ0n) is 12.7. The van der Waals surface area contributed by atoms with Crippen molar-refractivity contribution in [1.82, 2.24) is 9.62 Å². The minimum atomic E-state index is -3.66. The molecule has 1 aromatic carbocycles. The Morgan fingerprint density at radius 1 is 1.41 bits per heavy atom. The van der Waals surface area contributed by atoms with Crippen LogP contribution in [0.2, 0.25) is 5.02 Å². The molecule has 0 spiro atoms. The Labute approximate surface area is 136 Å². The van der Waals surface area contributed by atoms with E-state index in [1.807, 2.05) is 6.92 Å². The summed E-state index contributed by atoms with van der Waals surface area (Å²) in [6, 6.07) is 4.51. The highest BCUT2D eigenvalue weighted by Gasteiger charge is 2.33. The second-order valence-corrected chi connectivity index (χ2v) is 7.40. The van der Waals surface area contributed by atoms with Gasteiger partial charge >= 0.3 is 0 Å². The van der Waals surface area contributed by atoms with Gasteiger partial charge in [-0.3, -0.25) is 0 Å². The van der Waals surface area contributed by atoms with Gasteiger partial charge in [-0.05, 0) is 25.1 Å². The fourth-order valence-electron chi connectivity index (χ4n) is 2.34. The van der Waals surface area contributed by atoms with Crippen molar-refractivity contribution in [3.05, 3.63) is 23.2 Å². The maximum atomic E-state index is 12.9. The molecule has 1 fully saturated rings. The van der Waals surface area contributed by atoms with Crippen LogP contribution in [0.4, 0.5) is 0 Å². The Morgan fingerprint density at radius 2 is 2.18 bits per heavy atom. The van der Waals surface area contributed by atoms with Gasteiger partial charge in [0, 0.05) is 37.8 Å². The van der Waals surface area contributed by atoms with Crippen molar-refractivity contribution in [3.63, 3.8) is 0 Å². The number of piperazine rings is 1. The van der Waals surface area contributed by atoms with Crippen LogP contribution in [0.15, 0.2) is 23.1 Å². The van der Waals surface area contributed by atoms with E-state index in [1.165, 1.54) is 10.4 Å². The zero-order valence-corrected chi connectivity index (χ0v) is 14.3. The number of rotatable bonds is 6. The number of nitrogens with zero attached hydrogens (tertiary/aromatic N) is 1. The van der Waals surface area contributed by atoms with Crippen molar-refractivity contribution in [2.45, 2.75) is 17.9 Å². The van der Waals surface area contributed by atoms with Crippen LogP contribution < -0.4 is 10.1 Å². The van der Waals surface area contributed by atoms with E-state index in [1.54, 1.807) is 19.2 Å². The average Bonchev–Trinajstić information content (AvgIpc) is 2.49. The van der Waals surface area contributed by atoms with Crippen LogP contribution in [0.1, 0.15) is 6.92 Å². The Bertz CT molecular complexity index is 609. The number of benzene rings is 1. The Hall–Kier alpha value is -0.860. The fraction of sp³-hybridized carbons (Fsp3) is 0.571. The Balaban J connectivity index is 2.34. The van der Waals surface area contributed by atoms with Crippen molar-refractivity contribution in [2.75, 3.05) is 40.0 Å². The molecule has 0 saturated carbocycles. The average molecular weight is 349 g/mol. The van der Waals surface area contributed by atoms with Crippen molar-refractivity contribution in [2.24, 2.45) is 0 Å². The van der Waals surface area contributed by atoms with Gasteiger partial charge in [0.15, 0.2) is 0 Å². The first-order valence-electron chi connectivity index (χ1n) is 7.10. The van der Waals surface area contributed by atoms with Gasteiger partial charge in [-0.25, -0.2) is 8.42 Å². The van der Waals surface area contributed by atoms with E-state index >= 15 is 0 Å². The van der Waals surface area contributed by atoms with Gasteiger partial charge in [-0.1, -0.05) is 11.6 Å². The summed E-state index contributed by atoms with van der Waals surface area (Å²) in [5.41, 5.74) is 0. The summed E-state index contributed by atoms with van der Waals surface area (Å²) in [6.07, 6.45) is 0. The van der Waals surface area contributed by atoms with E-state index in [-0.39, 0.29) is 17.5 Å². The lowest BCUT2D eigenvalue weighted by molar-refractivity contribution is 0.144. The summed E-state index contributed by atoms with van der Waals surface area (Å²) in [7, 11) is -2.10. The van der Waals surface area contributed by atoms with Gasteiger partial charge in [0.25, 0.3) is 0 Å². The topological polar surface area (TPSA) is 67.9 Å². The number of methoxy groups -OCH3 is 1. The number of sulfonamides is 1. The molecule has 22 heavy (non-hydrogen) atoms. The number of halogens is 1. The summed E-state index contributed by atoms with van der Waals surface area (Å²) >= 11 is 5.98. The normalized spacial score (nSPS) is 20.0. The number of hydrogen-bond acceptors (Lipinski definition) is 5. The lowest BCUT2D eigenvalue weighted by atomic mass is 10.3. The van der Waals surface area contributed by atoms with Crippen LogP contribution in [0, 0.1) is 0 Å². The van der Waals surface area contributed by atoms with Crippen molar-refractivity contribution < 1.29 is 17.9 Å². The summed E-state index contributed by atoms with van der Waals surface area (Å²) in [5, 5.41) is 3.54. The van der Waals surface area contributed by atoms with Gasteiger partial charge in [-0.2, -0.15) is 4.31 Å². The van der Waals surface area contributed by atoms with Crippen LogP contribution in [0.5, 0.6) is 5.75 Å². The largest absolute Gasteiger partial charge is 0.490 e. The first-order chi connectivity index (χ1) is 10.5. The summed E-state index contributed by atoms with van der Waals surface area (Å²) in [6.45, 7) is 4.21. The smallest absolute Gasteiger partial charge is 0.247 e. The summed E-state index contributed by atoms with van der Waals surface area (Å²) in [4.78, 5) is 0.102.